The van der Waals surface area contributed by atoms with Crippen LogP contribution in [-0.2, 0) is 6.42 Å². The predicted molar refractivity (Wildman–Crippen MR) is 73.7 cm³/mol. The number of hydrogen-bond acceptors (Lipinski definition) is 5. The molecule has 0 atom stereocenters. The average molecular weight is 249 g/mol. The summed E-state index contributed by atoms with van der Waals surface area (Å²) in [7, 11) is 0. The van der Waals surface area contributed by atoms with E-state index in [2.05, 4.69) is 32.8 Å². The number of nitrogens with zero attached hydrogens (tertiary/aromatic N) is 4. The molecule has 1 fully saturated rings. The van der Waals surface area contributed by atoms with Crippen molar-refractivity contribution in [2.45, 2.75) is 19.8 Å². The lowest BCUT2D eigenvalue weighted by molar-refractivity contribution is 0.302. The molecule has 0 unspecified atom stereocenters. The number of rotatable bonds is 4. The van der Waals surface area contributed by atoms with Crippen molar-refractivity contribution in [3.05, 3.63) is 18.1 Å². The smallest absolute Gasteiger partial charge is 0.132 e. The Hall–Kier alpha value is -1.20. The minimum Gasteiger partial charge on any atom is -0.355 e. The third-order valence-electron chi connectivity index (χ3n) is 3.43. The molecule has 0 aromatic carbocycles. The first kappa shape index (κ1) is 13.2. The summed E-state index contributed by atoms with van der Waals surface area (Å²) in [5.74, 6) is 1.07. The van der Waals surface area contributed by atoms with E-state index in [4.69, 9.17) is 5.73 Å². The molecule has 2 heterocycles. The van der Waals surface area contributed by atoms with Crippen molar-refractivity contribution in [1.82, 2.24) is 14.9 Å². The van der Waals surface area contributed by atoms with E-state index < -0.39 is 0 Å². The van der Waals surface area contributed by atoms with E-state index in [1.807, 2.05) is 0 Å². The monoisotopic (exact) mass is 249 g/mol. The van der Waals surface area contributed by atoms with Crippen molar-refractivity contribution in [2.24, 2.45) is 5.73 Å². The Kier molecular flexibility index (Phi) is 4.90. The molecule has 2 rings (SSSR count). The van der Waals surface area contributed by atoms with Crippen LogP contribution in [0.25, 0.3) is 0 Å². The van der Waals surface area contributed by atoms with E-state index in [1.54, 1.807) is 6.33 Å². The van der Waals surface area contributed by atoms with E-state index in [-0.39, 0.29) is 0 Å². The second kappa shape index (κ2) is 6.66. The molecule has 0 bridgehead atoms. The van der Waals surface area contributed by atoms with Gasteiger partial charge in [0.15, 0.2) is 0 Å². The molecule has 100 valence electrons. The van der Waals surface area contributed by atoms with Crippen molar-refractivity contribution in [3.63, 3.8) is 0 Å². The summed E-state index contributed by atoms with van der Waals surface area (Å²) in [5, 5.41) is 0. The Morgan fingerprint density at radius 1 is 1.22 bits per heavy atom. The molecular formula is C13H23N5. The van der Waals surface area contributed by atoms with Gasteiger partial charge in [0.2, 0.25) is 0 Å². The molecule has 1 saturated heterocycles. The zero-order chi connectivity index (χ0) is 12.8. The fourth-order valence-corrected chi connectivity index (χ4v) is 2.36. The van der Waals surface area contributed by atoms with Crippen LogP contribution in [0, 0.1) is 0 Å². The molecule has 1 aromatic heterocycles. The second-order valence-corrected chi connectivity index (χ2v) is 4.69. The van der Waals surface area contributed by atoms with Crippen molar-refractivity contribution in [3.8, 4) is 0 Å². The van der Waals surface area contributed by atoms with E-state index in [1.165, 1.54) is 6.42 Å². The molecule has 5 nitrogen and oxygen atoms in total. The SMILES string of the molecule is CCc1cc(N2CCCN(CCN)CC2)ncn1. The summed E-state index contributed by atoms with van der Waals surface area (Å²) in [6.45, 7) is 8.17. The normalized spacial score (nSPS) is 17.8. The van der Waals surface area contributed by atoms with Crippen LogP contribution < -0.4 is 10.6 Å². The molecule has 0 amide bonds. The van der Waals surface area contributed by atoms with Crippen molar-refractivity contribution in [1.29, 1.82) is 0 Å². The molecule has 18 heavy (non-hydrogen) atoms. The Morgan fingerprint density at radius 3 is 2.89 bits per heavy atom. The number of hydrogen-bond donors (Lipinski definition) is 1. The van der Waals surface area contributed by atoms with E-state index in [0.717, 1.165) is 57.2 Å². The van der Waals surface area contributed by atoms with E-state index in [9.17, 15) is 0 Å². The van der Waals surface area contributed by atoms with Crippen LogP contribution in [0.15, 0.2) is 12.4 Å². The summed E-state index contributed by atoms with van der Waals surface area (Å²) >= 11 is 0. The molecule has 0 spiro atoms. The lowest BCUT2D eigenvalue weighted by atomic mass is 10.3. The second-order valence-electron chi connectivity index (χ2n) is 4.69. The van der Waals surface area contributed by atoms with Gasteiger partial charge in [0.1, 0.15) is 12.1 Å². The fraction of sp³-hybridized carbons (Fsp3) is 0.692. The Labute approximate surface area is 109 Å². The average Bonchev–Trinajstić information content (AvgIpc) is 2.65. The molecule has 1 aliphatic heterocycles. The summed E-state index contributed by atoms with van der Waals surface area (Å²) in [6, 6.07) is 2.11. The standard InChI is InChI=1S/C13H23N5/c1-2-12-10-13(16-11-15-12)18-6-3-5-17(7-4-14)8-9-18/h10-11H,2-9,14H2,1H3. The summed E-state index contributed by atoms with van der Waals surface area (Å²) in [4.78, 5) is 13.4. The first-order chi connectivity index (χ1) is 8.83. The van der Waals surface area contributed by atoms with Gasteiger partial charge in [-0.2, -0.15) is 0 Å². The zero-order valence-corrected chi connectivity index (χ0v) is 11.2. The molecule has 1 aliphatic rings. The van der Waals surface area contributed by atoms with Gasteiger partial charge < -0.3 is 15.5 Å². The topological polar surface area (TPSA) is 58.3 Å². The number of nitrogens with two attached hydrogens (primary N) is 1. The van der Waals surface area contributed by atoms with Crippen molar-refractivity contribution < 1.29 is 0 Å². The molecule has 0 saturated carbocycles. The van der Waals surface area contributed by atoms with Gasteiger partial charge in [0.25, 0.3) is 0 Å². The van der Waals surface area contributed by atoms with Gasteiger partial charge in [-0.05, 0) is 19.4 Å². The van der Waals surface area contributed by atoms with Gasteiger partial charge >= 0.3 is 0 Å². The van der Waals surface area contributed by atoms with Gasteiger partial charge in [0.05, 0.1) is 0 Å². The first-order valence-electron chi connectivity index (χ1n) is 6.81. The van der Waals surface area contributed by atoms with Gasteiger partial charge in [-0.25, -0.2) is 9.97 Å². The van der Waals surface area contributed by atoms with Crippen LogP contribution in [0.1, 0.15) is 19.0 Å². The predicted octanol–water partition coefficient (Wildman–Crippen LogP) is 0.510. The van der Waals surface area contributed by atoms with Crippen LogP contribution in [-0.4, -0.2) is 54.1 Å². The highest BCUT2D eigenvalue weighted by Gasteiger charge is 2.15. The minimum absolute atomic E-state index is 0.744. The number of aromatic nitrogens is 2. The van der Waals surface area contributed by atoms with Gasteiger partial charge in [-0.15, -0.1) is 0 Å². The Morgan fingerprint density at radius 2 is 2.11 bits per heavy atom. The Balaban J connectivity index is 2.00. The van der Waals surface area contributed by atoms with Gasteiger partial charge in [-0.1, -0.05) is 6.92 Å². The van der Waals surface area contributed by atoms with Crippen molar-refractivity contribution >= 4 is 5.82 Å². The summed E-state index contributed by atoms with van der Waals surface area (Å²) in [6.07, 6.45) is 3.81. The highest BCUT2D eigenvalue weighted by atomic mass is 15.2. The summed E-state index contributed by atoms with van der Waals surface area (Å²) in [5.41, 5.74) is 6.73. The van der Waals surface area contributed by atoms with Crippen molar-refractivity contribution in [2.75, 3.05) is 44.2 Å². The van der Waals surface area contributed by atoms with Crippen LogP contribution in [0.2, 0.25) is 0 Å². The number of aryl methyl sites for hydroxylation is 1. The first-order valence-corrected chi connectivity index (χ1v) is 6.81. The maximum Gasteiger partial charge on any atom is 0.132 e. The maximum atomic E-state index is 5.62. The van der Waals surface area contributed by atoms with Gasteiger partial charge in [-0.3, -0.25) is 0 Å². The van der Waals surface area contributed by atoms with Crippen LogP contribution in [0.4, 0.5) is 5.82 Å². The van der Waals surface area contributed by atoms with E-state index in [0.29, 0.717) is 0 Å². The highest BCUT2D eigenvalue weighted by molar-refractivity contribution is 5.39. The Bertz CT molecular complexity index is 368. The number of anilines is 1. The van der Waals surface area contributed by atoms with E-state index >= 15 is 0 Å². The lowest BCUT2D eigenvalue weighted by Crippen LogP contribution is -2.34. The largest absolute Gasteiger partial charge is 0.355 e. The molecule has 0 aliphatic carbocycles. The third-order valence-corrected chi connectivity index (χ3v) is 3.43. The molecule has 1 aromatic rings. The highest BCUT2D eigenvalue weighted by Crippen LogP contribution is 2.14. The van der Waals surface area contributed by atoms with Gasteiger partial charge in [0, 0.05) is 44.5 Å². The summed E-state index contributed by atoms with van der Waals surface area (Å²) < 4.78 is 0. The van der Waals surface area contributed by atoms with Crippen LogP contribution in [0.5, 0.6) is 0 Å². The molecule has 0 radical (unpaired) electrons. The fourth-order valence-electron chi connectivity index (χ4n) is 2.36. The zero-order valence-electron chi connectivity index (χ0n) is 11.2. The lowest BCUT2D eigenvalue weighted by Gasteiger charge is -2.22. The molecule has 5 heteroatoms. The maximum absolute atomic E-state index is 5.62. The van der Waals surface area contributed by atoms with Crippen LogP contribution >= 0.6 is 0 Å². The third kappa shape index (κ3) is 3.40. The minimum atomic E-state index is 0.744. The quantitative estimate of drug-likeness (QED) is 0.842. The molecular weight excluding hydrogens is 226 g/mol. The molecule has 2 N–H and O–H groups in total. The van der Waals surface area contributed by atoms with Crippen LogP contribution in [0.3, 0.4) is 0 Å².